The molecular weight excluding hydrogens is 214 g/mol. The van der Waals surface area contributed by atoms with Crippen LogP contribution in [0.5, 0.6) is 0 Å². The smallest absolute Gasteiger partial charge is 0.0971 e. The Balaban J connectivity index is 2.48. The molecule has 4 nitrogen and oxygen atoms in total. The second-order valence-corrected chi connectivity index (χ2v) is 3.68. The van der Waals surface area contributed by atoms with Gasteiger partial charge in [0, 0.05) is 28.7 Å². The van der Waals surface area contributed by atoms with Gasteiger partial charge in [-0.1, -0.05) is 23.4 Å². The van der Waals surface area contributed by atoms with Gasteiger partial charge in [-0.2, -0.15) is 0 Å². The summed E-state index contributed by atoms with van der Waals surface area (Å²) in [5, 5.41) is 13.7. The highest BCUT2D eigenvalue weighted by Crippen LogP contribution is 2.23. The molecule has 2 aromatic heterocycles. The van der Waals surface area contributed by atoms with Crippen molar-refractivity contribution in [3.05, 3.63) is 48.3 Å². The van der Waals surface area contributed by atoms with Crippen LogP contribution in [-0.4, -0.2) is 21.4 Å². The predicted molar refractivity (Wildman–Crippen MR) is 66.4 cm³/mol. The molecule has 0 atom stereocenters. The zero-order chi connectivity index (χ0) is 11.7. The molecule has 0 aliphatic carbocycles. The van der Waals surface area contributed by atoms with Crippen LogP contribution >= 0.6 is 0 Å². The van der Waals surface area contributed by atoms with E-state index in [1.54, 1.807) is 18.5 Å². The molecule has 0 bridgehead atoms. The molecule has 0 amide bonds. The number of benzene rings is 1. The van der Waals surface area contributed by atoms with Crippen molar-refractivity contribution in [2.24, 2.45) is 5.16 Å². The molecule has 2 heterocycles. The molecule has 0 aliphatic heterocycles. The number of hydrogen-bond donors (Lipinski definition) is 1. The van der Waals surface area contributed by atoms with Crippen LogP contribution in [0.1, 0.15) is 5.56 Å². The molecule has 0 saturated carbocycles. The van der Waals surface area contributed by atoms with Crippen LogP contribution in [-0.2, 0) is 0 Å². The average Bonchev–Trinajstić information content (AvgIpc) is 2.39. The first-order valence-corrected chi connectivity index (χ1v) is 5.20. The molecular formula is C13H9N3O. The number of aromatic nitrogens is 2. The number of hydrogen-bond acceptors (Lipinski definition) is 4. The molecule has 0 spiro atoms. The Morgan fingerprint density at radius 1 is 1.00 bits per heavy atom. The minimum atomic E-state index is 0.820. The Kier molecular flexibility index (Phi) is 2.19. The molecule has 0 radical (unpaired) electrons. The van der Waals surface area contributed by atoms with Crippen LogP contribution in [0.25, 0.3) is 21.8 Å². The van der Waals surface area contributed by atoms with Crippen molar-refractivity contribution in [2.75, 3.05) is 0 Å². The van der Waals surface area contributed by atoms with E-state index in [9.17, 15) is 0 Å². The van der Waals surface area contributed by atoms with Crippen LogP contribution in [0, 0.1) is 0 Å². The molecule has 0 unspecified atom stereocenters. The highest BCUT2D eigenvalue weighted by Gasteiger charge is 2.05. The van der Waals surface area contributed by atoms with Crippen molar-refractivity contribution >= 4 is 28.0 Å². The lowest BCUT2D eigenvalue weighted by atomic mass is 10.1. The molecule has 0 fully saturated rings. The van der Waals surface area contributed by atoms with E-state index < -0.39 is 0 Å². The maximum atomic E-state index is 8.63. The van der Waals surface area contributed by atoms with E-state index in [4.69, 9.17) is 5.21 Å². The summed E-state index contributed by atoms with van der Waals surface area (Å²) in [6.07, 6.45) is 4.84. The standard InChI is InChI=1S/C13H9N3O/c17-16-8-10-5-7-15-13-11(10)4-3-9-2-1-6-14-12(9)13/h1-8,17H. The Labute approximate surface area is 97.2 Å². The maximum Gasteiger partial charge on any atom is 0.0971 e. The fraction of sp³-hybridized carbons (Fsp3) is 0. The highest BCUT2D eigenvalue weighted by molar-refractivity contribution is 6.08. The summed E-state index contributed by atoms with van der Waals surface area (Å²) in [7, 11) is 0. The normalized spacial score (nSPS) is 11.5. The highest BCUT2D eigenvalue weighted by atomic mass is 16.4. The quantitative estimate of drug-likeness (QED) is 0.298. The SMILES string of the molecule is ON=Cc1ccnc2c1ccc1cccnc12. The minimum absolute atomic E-state index is 0.820. The second-order valence-electron chi connectivity index (χ2n) is 3.68. The average molecular weight is 223 g/mol. The van der Waals surface area contributed by atoms with Crippen LogP contribution in [0.2, 0.25) is 0 Å². The first-order valence-electron chi connectivity index (χ1n) is 5.20. The second kappa shape index (κ2) is 3.83. The van der Waals surface area contributed by atoms with Crippen LogP contribution < -0.4 is 0 Å². The van der Waals surface area contributed by atoms with E-state index in [2.05, 4.69) is 15.1 Å². The van der Waals surface area contributed by atoms with Gasteiger partial charge in [-0.15, -0.1) is 0 Å². The molecule has 1 aromatic carbocycles. The van der Waals surface area contributed by atoms with E-state index in [1.165, 1.54) is 6.21 Å². The van der Waals surface area contributed by atoms with E-state index in [-0.39, 0.29) is 0 Å². The van der Waals surface area contributed by atoms with Gasteiger partial charge in [0.15, 0.2) is 0 Å². The van der Waals surface area contributed by atoms with Crippen molar-refractivity contribution in [3.63, 3.8) is 0 Å². The largest absolute Gasteiger partial charge is 0.411 e. The number of pyridine rings is 2. The number of fused-ring (bicyclic) bond motifs is 3. The number of oxime groups is 1. The zero-order valence-corrected chi connectivity index (χ0v) is 8.91. The zero-order valence-electron chi connectivity index (χ0n) is 8.91. The Morgan fingerprint density at radius 2 is 1.88 bits per heavy atom. The van der Waals surface area contributed by atoms with Gasteiger partial charge in [0.25, 0.3) is 0 Å². The lowest BCUT2D eigenvalue weighted by Gasteiger charge is -2.03. The molecule has 1 N–H and O–H groups in total. The third kappa shape index (κ3) is 1.50. The summed E-state index contributed by atoms with van der Waals surface area (Å²) in [5.74, 6) is 0. The van der Waals surface area contributed by atoms with Gasteiger partial charge in [0.1, 0.15) is 0 Å². The summed E-state index contributed by atoms with van der Waals surface area (Å²) in [6.45, 7) is 0. The fourth-order valence-corrected chi connectivity index (χ4v) is 1.95. The van der Waals surface area contributed by atoms with Crippen LogP contribution in [0.3, 0.4) is 0 Å². The molecule has 17 heavy (non-hydrogen) atoms. The molecule has 82 valence electrons. The number of nitrogens with zero attached hydrogens (tertiary/aromatic N) is 3. The lowest BCUT2D eigenvalue weighted by molar-refractivity contribution is 0.322. The van der Waals surface area contributed by atoms with Gasteiger partial charge in [-0.05, 0) is 12.1 Å². The maximum absolute atomic E-state index is 8.63. The Hall–Kier alpha value is -2.49. The van der Waals surface area contributed by atoms with E-state index in [0.29, 0.717) is 0 Å². The topological polar surface area (TPSA) is 58.4 Å². The van der Waals surface area contributed by atoms with Gasteiger partial charge < -0.3 is 5.21 Å². The number of rotatable bonds is 1. The van der Waals surface area contributed by atoms with Crippen molar-refractivity contribution in [3.8, 4) is 0 Å². The lowest BCUT2D eigenvalue weighted by Crippen LogP contribution is -1.89. The first-order chi connectivity index (χ1) is 8.40. The Morgan fingerprint density at radius 3 is 2.76 bits per heavy atom. The third-order valence-electron chi connectivity index (χ3n) is 2.71. The van der Waals surface area contributed by atoms with Gasteiger partial charge in [0.2, 0.25) is 0 Å². The van der Waals surface area contributed by atoms with Gasteiger partial charge in [0.05, 0.1) is 17.2 Å². The van der Waals surface area contributed by atoms with Crippen LogP contribution in [0.4, 0.5) is 0 Å². The summed E-state index contributed by atoms with van der Waals surface area (Å²) < 4.78 is 0. The molecule has 0 aliphatic rings. The van der Waals surface area contributed by atoms with Crippen molar-refractivity contribution in [1.29, 1.82) is 0 Å². The summed E-state index contributed by atoms with van der Waals surface area (Å²) in [4.78, 5) is 8.69. The predicted octanol–water partition coefficient (Wildman–Crippen LogP) is 2.59. The van der Waals surface area contributed by atoms with Gasteiger partial charge in [-0.25, -0.2) is 0 Å². The van der Waals surface area contributed by atoms with Gasteiger partial charge in [-0.3, -0.25) is 9.97 Å². The van der Waals surface area contributed by atoms with Gasteiger partial charge >= 0.3 is 0 Å². The molecule has 4 heteroatoms. The molecule has 3 aromatic rings. The van der Waals surface area contributed by atoms with Crippen molar-refractivity contribution in [1.82, 2.24) is 9.97 Å². The van der Waals surface area contributed by atoms with E-state index >= 15 is 0 Å². The Bertz CT molecular complexity index is 722. The van der Waals surface area contributed by atoms with E-state index in [1.807, 2.05) is 24.3 Å². The summed E-state index contributed by atoms with van der Waals surface area (Å²) in [6, 6.07) is 9.64. The van der Waals surface area contributed by atoms with E-state index in [0.717, 1.165) is 27.4 Å². The monoisotopic (exact) mass is 223 g/mol. The fourth-order valence-electron chi connectivity index (χ4n) is 1.95. The minimum Gasteiger partial charge on any atom is -0.411 e. The molecule has 3 rings (SSSR count). The third-order valence-corrected chi connectivity index (χ3v) is 2.71. The summed E-state index contributed by atoms with van der Waals surface area (Å²) >= 11 is 0. The first kappa shape index (κ1) is 9.72. The van der Waals surface area contributed by atoms with Crippen molar-refractivity contribution in [2.45, 2.75) is 0 Å². The van der Waals surface area contributed by atoms with Crippen LogP contribution in [0.15, 0.2) is 47.9 Å². The molecule has 0 saturated heterocycles. The van der Waals surface area contributed by atoms with Crippen molar-refractivity contribution < 1.29 is 5.21 Å². The summed E-state index contributed by atoms with van der Waals surface area (Å²) in [5.41, 5.74) is 2.50.